The van der Waals surface area contributed by atoms with Gasteiger partial charge in [-0.25, -0.2) is 0 Å². The average molecular weight is 455 g/mol. The van der Waals surface area contributed by atoms with Crippen molar-refractivity contribution in [3.63, 3.8) is 0 Å². The molecule has 0 aromatic rings. The Balaban J connectivity index is 1.72. The molecule has 4 aliphatic rings. The predicted molar refractivity (Wildman–Crippen MR) is 142 cm³/mol. The third kappa shape index (κ3) is 3.41. The molecule has 0 saturated heterocycles. The molecule has 0 bridgehead atoms. The first-order chi connectivity index (χ1) is 15.1. The van der Waals surface area contributed by atoms with E-state index in [-0.39, 0.29) is 22.3 Å². The third-order valence-electron chi connectivity index (χ3n) is 12.7. The van der Waals surface area contributed by atoms with Crippen LogP contribution in [0.5, 0.6) is 0 Å². The van der Waals surface area contributed by atoms with Crippen LogP contribution in [0.4, 0.5) is 0 Å². The van der Waals surface area contributed by atoms with E-state index in [2.05, 4.69) is 75.3 Å². The van der Waals surface area contributed by atoms with E-state index in [0.29, 0.717) is 16.7 Å². The van der Waals surface area contributed by atoms with Crippen LogP contribution in [0.1, 0.15) is 127 Å². The van der Waals surface area contributed by atoms with Gasteiger partial charge in [0.25, 0.3) is 0 Å². The molecule has 0 aromatic carbocycles. The topological polar surface area (TPSA) is 20.2 Å². The van der Waals surface area contributed by atoms with Crippen LogP contribution in [0.3, 0.4) is 0 Å². The highest BCUT2D eigenvalue weighted by Crippen LogP contribution is 2.74. The van der Waals surface area contributed by atoms with Gasteiger partial charge >= 0.3 is 0 Å². The van der Waals surface area contributed by atoms with E-state index < -0.39 is 0 Å². The Kier molecular flexibility index (Phi) is 6.17. The number of rotatable bonds is 4. The van der Waals surface area contributed by atoms with Crippen molar-refractivity contribution in [1.82, 2.24) is 0 Å². The molecule has 1 N–H and O–H groups in total. The van der Waals surface area contributed by atoms with Crippen LogP contribution in [0, 0.1) is 44.8 Å². The fourth-order valence-corrected chi connectivity index (χ4v) is 10.0. The van der Waals surface area contributed by atoms with Crippen molar-refractivity contribution in [3.8, 4) is 0 Å². The van der Waals surface area contributed by atoms with Gasteiger partial charge in [-0.15, -0.1) is 0 Å². The molecule has 0 amide bonds. The van der Waals surface area contributed by atoms with Crippen LogP contribution in [0.2, 0.25) is 0 Å². The summed E-state index contributed by atoms with van der Waals surface area (Å²) in [6.07, 6.45) is 13.7. The summed E-state index contributed by atoms with van der Waals surface area (Å²) in [5.74, 6) is 2.24. The van der Waals surface area contributed by atoms with Gasteiger partial charge in [-0.05, 0) is 116 Å². The van der Waals surface area contributed by atoms with E-state index in [9.17, 15) is 5.11 Å². The minimum atomic E-state index is -0.185. The van der Waals surface area contributed by atoms with Crippen molar-refractivity contribution in [3.05, 3.63) is 22.8 Å². The first-order valence-corrected chi connectivity index (χ1v) is 14.2. The van der Waals surface area contributed by atoms with Gasteiger partial charge in [0.2, 0.25) is 0 Å². The van der Waals surface area contributed by atoms with Gasteiger partial charge in [0, 0.05) is 0 Å². The molecule has 0 spiro atoms. The lowest BCUT2D eigenvalue weighted by molar-refractivity contribution is -0.158. The normalized spacial score (nSPS) is 44.5. The summed E-state index contributed by atoms with van der Waals surface area (Å²) in [5, 5.41) is 11.1. The van der Waals surface area contributed by atoms with Crippen molar-refractivity contribution in [2.24, 2.45) is 44.8 Å². The fourth-order valence-electron chi connectivity index (χ4n) is 10.0. The summed E-state index contributed by atoms with van der Waals surface area (Å²) in [4.78, 5) is 0. The zero-order chi connectivity index (χ0) is 24.6. The third-order valence-corrected chi connectivity index (χ3v) is 12.7. The standard InChI is InChI=1S/C32H54O/c1-21(2)12-11-13-22(3)23-16-18-31(9)24-14-15-26-29(6,7)27(33)20-28(4,5)32(26,10)25(24)17-19-30(23,31)8/h12,22-23,26-27,33H,11,13-20H2,1-10H3/t22-,23-,26+,27+,30-,31+,32-/m1/s1. The highest BCUT2D eigenvalue weighted by molar-refractivity contribution is 5.40. The van der Waals surface area contributed by atoms with E-state index in [0.717, 1.165) is 18.3 Å². The minimum absolute atomic E-state index is 0.00209. The number of aliphatic hydroxyl groups is 1. The molecule has 1 nitrogen and oxygen atoms in total. The van der Waals surface area contributed by atoms with Crippen molar-refractivity contribution in [1.29, 1.82) is 0 Å². The SMILES string of the molecule is CC(C)=CCC[C@@H](C)[C@H]1CC[C@@]2(C)C3=C(CC[C@]12C)[C@]1(C)[C@@H](CC3)C(C)(C)[C@@H](O)CC1(C)C. The molecule has 33 heavy (non-hydrogen) atoms. The van der Waals surface area contributed by atoms with Crippen molar-refractivity contribution in [2.75, 3.05) is 0 Å². The lowest BCUT2D eigenvalue weighted by atomic mass is 9.38. The molecular weight excluding hydrogens is 400 g/mol. The maximum atomic E-state index is 11.1. The zero-order valence-electron chi connectivity index (χ0n) is 23.7. The second-order valence-corrected chi connectivity index (χ2v) is 14.9. The Hall–Kier alpha value is -0.560. The lowest BCUT2D eigenvalue weighted by Gasteiger charge is -2.67. The Morgan fingerprint density at radius 2 is 1.64 bits per heavy atom. The first-order valence-electron chi connectivity index (χ1n) is 14.2. The fraction of sp³-hybridized carbons (Fsp3) is 0.875. The maximum absolute atomic E-state index is 11.1. The molecule has 0 aromatic heterocycles. The molecule has 4 aliphatic carbocycles. The summed E-state index contributed by atoms with van der Waals surface area (Å²) >= 11 is 0. The van der Waals surface area contributed by atoms with Gasteiger partial charge in [-0.3, -0.25) is 0 Å². The second-order valence-electron chi connectivity index (χ2n) is 14.9. The summed E-state index contributed by atoms with van der Waals surface area (Å²) in [6.45, 7) is 24.6. The zero-order valence-corrected chi connectivity index (χ0v) is 23.7. The van der Waals surface area contributed by atoms with Crippen LogP contribution >= 0.6 is 0 Å². The Labute approximate surface area is 205 Å². The number of fused-ring (bicyclic) bond motifs is 4. The number of hydrogen-bond donors (Lipinski definition) is 1. The van der Waals surface area contributed by atoms with E-state index in [4.69, 9.17) is 0 Å². The van der Waals surface area contributed by atoms with Crippen molar-refractivity contribution >= 4 is 0 Å². The minimum Gasteiger partial charge on any atom is -0.393 e. The molecular formula is C32H54O. The van der Waals surface area contributed by atoms with Gasteiger partial charge in [-0.2, -0.15) is 0 Å². The molecule has 7 atom stereocenters. The molecule has 0 radical (unpaired) electrons. The van der Waals surface area contributed by atoms with Crippen LogP contribution in [-0.4, -0.2) is 11.2 Å². The highest BCUT2D eigenvalue weighted by Gasteiger charge is 2.66. The average Bonchev–Trinajstić information content (AvgIpc) is 2.98. The second kappa shape index (κ2) is 7.97. The lowest BCUT2D eigenvalue weighted by Crippen LogP contribution is -2.61. The van der Waals surface area contributed by atoms with Crippen LogP contribution in [0.15, 0.2) is 22.8 Å². The predicted octanol–water partition coefficient (Wildman–Crippen LogP) is 9.12. The molecule has 0 unspecified atom stereocenters. The quantitative estimate of drug-likeness (QED) is 0.420. The molecule has 4 rings (SSSR count). The summed E-state index contributed by atoms with van der Waals surface area (Å²) in [6, 6.07) is 0. The monoisotopic (exact) mass is 454 g/mol. The summed E-state index contributed by atoms with van der Waals surface area (Å²) in [5.41, 5.74) is 6.32. The molecule has 2 fully saturated rings. The van der Waals surface area contributed by atoms with E-state index in [1.54, 1.807) is 0 Å². The van der Waals surface area contributed by atoms with Crippen molar-refractivity contribution in [2.45, 2.75) is 133 Å². The molecule has 0 aliphatic heterocycles. The van der Waals surface area contributed by atoms with Gasteiger partial charge in [0.05, 0.1) is 6.10 Å². The highest BCUT2D eigenvalue weighted by atomic mass is 16.3. The van der Waals surface area contributed by atoms with Crippen LogP contribution < -0.4 is 0 Å². The van der Waals surface area contributed by atoms with E-state index >= 15 is 0 Å². The van der Waals surface area contributed by atoms with Gasteiger partial charge in [0.15, 0.2) is 0 Å². The summed E-state index contributed by atoms with van der Waals surface area (Å²) < 4.78 is 0. The Morgan fingerprint density at radius 3 is 2.27 bits per heavy atom. The van der Waals surface area contributed by atoms with Gasteiger partial charge in [-0.1, -0.05) is 78.2 Å². The number of aliphatic hydroxyl groups excluding tert-OH is 1. The molecule has 0 heterocycles. The smallest absolute Gasteiger partial charge is 0.0599 e. The maximum Gasteiger partial charge on any atom is 0.0599 e. The van der Waals surface area contributed by atoms with E-state index in [1.807, 2.05) is 11.1 Å². The van der Waals surface area contributed by atoms with Gasteiger partial charge in [0.1, 0.15) is 0 Å². The molecule has 188 valence electrons. The van der Waals surface area contributed by atoms with Gasteiger partial charge < -0.3 is 5.11 Å². The van der Waals surface area contributed by atoms with Crippen LogP contribution in [0.25, 0.3) is 0 Å². The summed E-state index contributed by atoms with van der Waals surface area (Å²) in [7, 11) is 0. The van der Waals surface area contributed by atoms with Crippen molar-refractivity contribution < 1.29 is 5.11 Å². The van der Waals surface area contributed by atoms with E-state index in [1.165, 1.54) is 56.9 Å². The number of hydrogen-bond acceptors (Lipinski definition) is 1. The Morgan fingerprint density at radius 1 is 0.970 bits per heavy atom. The largest absolute Gasteiger partial charge is 0.393 e. The number of allylic oxidation sites excluding steroid dienone is 4. The molecule has 1 heteroatoms. The molecule has 2 saturated carbocycles. The Bertz CT molecular complexity index is 839. The van der Waals surface area contributed by atoms with Crippen LogP contribution in [-0.2, 0) is 0 Å². The first kappa shape index (κ1) is 25.5.